The quantitative estimate of drug-likeness (QED) is 0.605. The van der Waals surface area contributed by atoms with Gasteiger partial charge in [0, 0.05) is 17.6 Å². The Labute approximate surface area is 86.1 Å². The molecule has 1 rings (SSSR count). The van der Waals surface area contributed by atoms with Gasteiger partial charge in [0.2, 0.25) is 0 Å². The van der Waals surface area contributed by atoms with Crippen molar-refractivity contribution in [2.75, 3.05) is 12.4 Å². The number of unbranched alkanes of at least 4 members (excludes halogenated alkanes) is 1. The summed E-state index contributed by atoms with van der Waals surface area (Å²) in [6.07, 6.45) is 1.55. The van der Waals surface area contributed by atoms with Gasteiger partial charge in [0.15, 0.2) is 0 Å². The fraction of sp³-hybridized carbons (Fsp3) is 0.400. The summed E-state index contributed by atoms with van der Waals surface area (Å²) >= 11 is 1.34. The minimum absolute atomic E-state index is 0.159. The normalized spacial score (nSPS) is 10.5. The number of aliphatic hydroxyl groups is 1. The number of benzene rings is 1. The summed E-state index contributed by atoms with van der Waals surface area (Å²) in [5.41, 5.74) is 0. The minimum atomic E-state index is -0.554. The molecule has 0 spiro atoms. The molecule has 0 bridgehead atoms. The van der Waals surface area contributed by atoms with Gasteiger partial charge in [-0.1, -0.05) is 0 Å². The van der Waals surface area contributed by atoms with Crippen molar-refractivity contribution in [3.63, 3.8) is 0 Å². The second-order valence-electron chi connectivity index (χ2n) is 2.85. The van der Waals surface area contributed by atoms with Crippen LogP contribution in [0.1, 0.15) is 12.8 Å². The summed E-state index contributed by atoms with van der Waals surface area (Å²) in [7, 11) is 0. The standard InChI is InChI=1S/C10H12F2OS/c11-8-3-4-10(9(12)7-8)14-6-2-1-5-13/h3-4,7,13H,1-2,5-6H2. The molecule has 1 nitrogen and oxygen atoms in total. The monoisotopic (exact) mass is 218 g/mol. The highest BCUT2D eigenvalue weighted by atomic mass is 32.2. The molecule has 1 aromatic carbocycles. The van der Waals surface area contributed by atoms with Gasteiger partial charge in [-0.15, -0.1) is 11.8 Å². The highest BCUT2D eigenvalue weighted by Crippen LogP contribution is 2.23. The average Bonchev–Trinajstić information content (AvgIpc) is 2.15. The number of aliphatic hydroxyl groups excluding tert-OH is 1. The first-order valence-electron chi connectivity index (χ1n) is 4.43. The summed E-state index contributed by atoms with van der Waals surface area (Å²) in [6.45, 7) is 0.159. The maximum absolute atomic E-state index is 13.0. The van der Waals surface area contributed by atoms with Gasteiger partial charge in [-0.05, 0) is 30.7 Å². The molecule has 14 heavy (non-hydrogen) atoms. The topological polar surface area (TPSA) is 20.2 Å². The molecule has 0 amide bonds. The third kappa shape index (κ3) is 3.64. The highest BCUT2D eigenvalue weighted by Gasteiger charge is 2.03. The minimum Gasteiger partial charge on any atom is -0.396 e. The van der Waals surface area contributed by atoms with Crippen molar-refractivity contribution >= 4 is 11.8 Å². The Kier molecular flexibility index (Phi) is 4.90. The first-order chi connectivity index (χ1) is 6.74. The molecule has 1 aromatic rings. The zero-order valence-corrected chi connectivity index (χ0v) is 8.49. The molecule has 0 aliphatic rings. The van der Waals surface area contributed by atoms with Crippen LogP contribution in [0.3, 0.4) is 0 Å². The van der Waals surface area contributed by atoms with Crippen LogP contribution in [0.2, 0.25) is 0 Å². The summed E-state index contributed by atoms with van der Waals surface area (Å²) < 4.78 is 25.6. The van der Waals surface area contributed by atoms with Crippen molar-refractivity contribution in [1.29, 1.82) is 0 Å². The van der Waals surface area contributed by atoms with E-state index >= 15 is 0 Å². The van der Waals surface area contributed by atoms with Crippen molar-refractivity contribution < 1.29 is 13.9 Å². The van der Waals surface area contributed by atoms with E-state index in [1.807, 2.05) is 0 Å². The lowest BCUT2D eigenvalue weighted by molar-refractivity contribution is 0.287. The second-order valence-corrected chi connectivity index (χ2v) is 3.99. The highest BCUT2D eigenvalue weighted by molar-refractivity contribution is 7.99. The van der Waals surface area contributed by atoms with E-state index in [1.165, 1.54) is 23.9 Å². The smallest absolute Gasteiger partial charge is 0.139 e. The lowest BCUT2D eigenvalue weighted by Crippen LogP contribution is -1.88. The van der Waals surface area contributed by atoms with Crippen molar-refractivity contribution in [3.8, 4) is 0 Å². The Hall–Kier alpha value is -0.610. The molecular formula is C10H12F2OS. The number of rotatable bonds is 5. The van der Waals surface area contributed by atoms with E-state index in [-0.39, 0.29) is 6.61 Å². The number of hydrogen-bond donors (Lipinski definition) is 1. The molecule has 4 heteroatoms. The molecule has 0 aromatic heterocycles. The van der Waals surface area contributed by atoms with Gasteiger partial charge >= 0.3 is 0 Å². The van der Waals surface area contributed by atoms with Crippen LogP contribution in [-0.4, -0.2) is 17.5 Å². The predicted octanol–water partition coefficient (Wildman–Crippen LogP) is 2.83. The summed E-state index contributed by atoms with van der Waals surface area (Å²) in [4.78, 5) is 0.462. The molecule has 0 radical (unpaired) electrons. The zero-order chi connectivity index (χ0) is 10.4. The van der Waals surface area contributed by atoms with Gasteiger partial charge in [-0.2, -0.15) is 0 Å². The van der Waals surface area contributed by atoms with Crippen molar-refractivity contribution in [3.05, 3.63) is 29.8 Å². The maximum Gasteiger partial charge on any atom is 0.139 e. The van der Waals surface area contributed by atoms with Crippen molar-refractivity contribution in [2.24, 2.45) is 0 Å². The first kappa shape index (κ1) is 11.5. The summed E-state index contributed by atoms with van der Waals surface area (Å²) in [5.74, 6) is -0.329. The van der Waals surface area contributed by atoms with E-state index < -0.39 is 11.6 Å². The SMILES string of the molecule is OCCCCSc1ccc(F)cc1F. The first-order valence-corrected chi connectivity index (χ1v) is 5.41. The Morgan fingerprint density at radius 2 is 2.00 bits per heavy atom. The maximum atomic E-state index is 13.0. The van der Waals surface area contributed by atoms with Crippen LogP contribution >= 0.6 is 11.8 Å². The Morgan fingerprint density at radius 1 is 1.21 bits per heavy atom. The van der Waals surface area contributed by atoms with E-state index in [2.05, 4.69) is 0 Å². The third-order valence-electron chi connectivity index (χ3n) is 1.70. The van der Waals surface area contributed by atoms with E-state index in [0.717, 1.165) is 24.7 Å². The molecule has 0 saturated heterocycles. The number of thioether (sulfide) groups is 1. The second kappa shape index (κ2) is 5.98. The summed E-state index contributed by atoms with van der Waals surface area (Å²) in [6, 6.07) is 3.57. The molecule has 0 aliphatic heterocycles. The van der Waals surface area contributed by atoms with E-state index in [0.29, 0.717) is 4.90 Å². The Bertz CT molecular complexity index is 291. The van der Waals surface area contributed by atoms with Gasteiger partial charge in [0.05, 0.1) is 0 Å². The van der Waals surface area contributed by atoms with Crippen molar-refractivity contribution in [1.82, 2.24) is 0 Å². The lowest BCUT2D eigenvalue weighted by Gasteiger charge is -2.02. The van der Waals surface area contributed by atoms with Crippen LogP contribution in [0.15, 0.2) is 23.1 Å². The fourth-order valence-electron chi connectivity index (χ4n) is 0.988. The van der Waals surface area contributed by atoms with Crippen LogP contribution in [0.25, 0.3) is 0 Å². The average molecular weight is 218 g/mol. The fourth-order valence-corrected chi connectivity index (χ4v) is 1.92. The van der Waals surface area contributed by atoms with Gasteiger partial charge in [-0.25, -0.2) is 8.78 Å². The van der Waals surface area contributed by atoms with Gasteiger partial charge < -0.3 is 5.11 Å². The lowest BCUT2D eigenvalue weighted by atomic mass is 10.3. The van der Waals surface area contributed by atoms with Gasteiger partial charge in [-0.3, -0.25) is 0 Å². The Balaban J connectivity index is 2.42. The van der Waals surface area contributed by atoms with E-state index in [1.54, 1.807) is 0 Å². The van der Waals surface area contributed by atoms with Crippen LogP contribution in [0, 0.1) is 11.6 Å². The molecule has 0 unspecified atom stereocenters. The van der Waals surface area contributed by atoms with Crippen LogP contribution in [0.4, 0.5) is 8.78 Å². The molecular weight excluding hydrogens is 206 g/mol. The number of hydrogen-bond acceptors (Lipinski definition) is 2. The zero-order valence-electron chi connectivity index (χ0n) is 7.67. The summed E-state index contributed by atoms with van der Waals surface area (Å²) in [5, 5.41) is 8.52. The molecule has 0 aliphatic carbocycles. The molecule has 1 N–H and O–H groups in total. The van der Waals surface area contributed by atoms with Crippen molar-refractivity contribution in [2.45, 2.75) is 17.7 Å². The van der Waals surface area contributed by atoms with Crippen LogP contribution in [-0.2, 0) is 0 Å². The van der Waals surface area contributed by atoms with E-state index in [4.69, 9.17) is 5.11 Å². The molecule has 78 valence electrons. The van der Waals surface area contributed by atoms with Crippen LogP contribution in [0.5, 0.6) is 0 Å². The molecule has 0 heterocycles. The number of halogens is 2. The molecule has 0 saturated carbocycles. The molecule has 0 atom stereocenters. The van der Waals surface area contributed by atoms with E-state index in [9.17, 15) is 8.78 Å². The molecule has 0 fully saturated rings. The van der Waals surface area contributed by atoms with Crippen LogP contribution < -0.4 is 0 Å². The predicted molar refractivity (Wildman–Crippen MR) is 53.4 cm³/mol. The van der Waals surface area contributed by atoms with Gasteiger partial charge in [0.1, 0.15) is 11.6 Å². The third-order valence-corrected chi connectivity index (χ3v) is 2.84. The Morgan fingerprint density at radius 3 is 2.64 bits per heavy atom. The van der Waals surface area contributed by atoms with Gasteiger partial charge in [0.25, 0.3) is 0 Å². The largest absolute Gasteiger partial charge is 0.396 e.